The predicted octanol–water partition coefficient (Wildman–Crippen LogP) is 3.87. The van der Waals surface area contributed by atoms with Crippen molar-refractivity contribution in [2.24, 2.45) is 11.8 Å². The van der Waals surface area contributed by atoms with Gasteiger partial charge in [0.25, 0.3) is 0 Å². The van der Waals surface area contributed by atoms with Gasteiger partial charge in [-0.05, 0) is 36.0 Å². The monoisotopic (exact) mass is 330 g/mol. The van der Waals surface area contributed by atoms with Crippen LogP contribution in [0, 0.1) is 18.8 Å². The van der Waals surface area contributed by atoms with E-state index in [1.807, 2.05) is 52.8 Å². The van der Waals surface area contributed by atoms with Gasteiger partial charge in [0.2, 0.25) is 0 Å². The lowest BCUT2D eigenvalue weighted by Gasteiger charge is -2.17. The third-order valence-electron chi connectivity index (χ3n) is 3.75. The van der Waals surface area contributed by atoms with E-state index in [0.717, 1.165) is 16.7 Å². The summed E-state index contributed by atoms with van der Waals surface area (Å²) in [5, 5.41) is 0. The van der Waals surface area contributed by atoms with Gasteiger partial charge in [-0.2, -0.15) is 0 Å². The molecule has 1 atom stereocenters. The van der Waals surface area contributed by atoms with Gasteiger partial charge in [0, 0.05) is 0 Å². The van der Waals surface area contributed by atoms with E-state index >= 15 is 0 Å². The number of carbonyl (C=O) groups is 2. The standard InChI is InChI=1S/C20H26O4/c1-12(2)10-23-19(21)17-9-15-8-14(5)6-7-16(15)18(17)20(22)24-11-13(3)4/h6-9,12-13,18H,10-11H2,1-5H3. The molecule has 0 aromatic heterocycles. The number of fused-ring (bicyclic) bond motifs is 1. The number of esters is 2. The second kappa shape index (κ2) is 7.65. The van der Waals surface area contributed by atoms with Crippen LogP contribution in [0.25, 0.3) is 6.08 Å². The van der Waals surface area contributed by atoms with Crippen LogP contribution in [0.3, 0.4) is 0 Å². The molecule has 1 unspecified atom stereocenters. The Morgan fingerprint density at radius 2 is 1.67 bits per heavy atom. The number of aryl methyl sites for hydroxylation is 1. The highest BCUT2D eigenvalue weighted by atomic mass is 16.5. The summed E-state index contributed by atoms with van der Waals surface area (Å²) in [6.07, 6.45) is 1.76. The van der Waals surface area contributed by atoms with Crippen LogP contribution in [0.4, 0.5) is 0 Å². The zero-order valence-corrected chi connectivity index (χ0v) is 15.1. The minimum absolute atomic E-state index is 0.243. The van der Waals surface area contributed by atoms with E-state index in [9.17, 15) is 9.59 Å². The molecule has 1 aromatic rings. The zero-order valence-electron chi connectivity index (χ0n) is 15.1. The number of carbonyl (C=O) groups excluding carboxylic acids is 2. The summed E-state index contributed by atoms with van der Waals surface area (Å²) < 4.78 is 10.7. The van der Waals surface area contributed by atoms with E-state index in [0.29, 0.717) is 18.8 Å². The van der Waals surface area contributed by atoms with Crippen molar-refractivity contribution < 1.29 is 19.1 Å². The molecule has 0 aliphatic heterocycles. The van der Waals surface area contributed by atoms with Crippen molar-refractivity contribution in [1.29, 1.82) is 0 Å². The summed E-state index contributed by atoms with van der Waals surface area (Å²) in [4.78, 5) is 25.0. The van der Waals surface area contributed by atoms with Crippen molar-refractivity contribution in [2.45, 2.75) is 40.5 Å². The quantitative estimate of drug-likeness (QED) is 0.743. The third kappa shape index (κ3) is 4.25. The van der Waals surface area contributed by atoms with Crippen molar-refractivity contribution in [1.82, 2.24) is 0 Å². The van der Waals surface area contributed by atoms with Crippen molar-refractivity contribution in [2.75, 3.05) is 13.2 Å². The molecule has 4 nitrogen and oxygen atoms in total. The van der Waals surface area contributed by atoms with E-state index in [2.05, 4.69) is 0 Å². The Hall–Kier alpha value is -2.10. The fraction of sp³-hybridized carbons (Fsp3) is 0.500. The van der Waals surface area contributed by atoms with Crippen LogP contribution >= 0.6 is 0 Å². The van der Waals surface area contributed by atoms with Gasteiger partial charge >= 0.3 is 11.9 Å². The first-order valence-electron chi connectivity index (χ1n) is 8.45. The van der Waals surface area contributed by atoms with Gasteiger partial charge in [0.1, 0.15) is 5.92 Å². The molecule has 24 heavy (non-hydrogen) atoms. The molecule has 0 fully saturated rings. The number of hydrogen-bond acceptors (Lipinski definition) is 4. The lowest BCUT2D eigenvalue weighted by molar-refractivity contribution is -0.148. The Labute approximate surface area is 143 Å². The normalized spacial score (nSPS) is 16.1. The van der Waals surface area contributed by atoms with Gasteiger partial charge in [0.15, 0.2) is 0 Å². The summed E-state index contributed by atoms with van der Waals surface area (Å²) in [5.41, 5.74) is 3.14. The Morgan fingerprint density at radius 3 is 2.29 bits per heavy atom. The van der Waals surface area contributed by atoms with Gasteiger partial charge in [-0.1, -0.05) is 51.5 Å². The Morgan fingerprint density at radius 1 is 1.04 bits per heavy atom. The van der Waals surface area contributed by atoms with Crippen LogP contribution in [0.1, 0.15) is 50.3 Å². The SMILES string of the molecule is Cc1ccc2c(c1)C=C(C(=O)OCC(C)C)C2C(=O)OCC(C)C. The molecule has 130 valence electrons. The highest BCUT2D eigenvalue weighted by molar-refractivity contribution is 6.05. The molecule has 0 amide bonds. The summed E-state index contributed by atoms with van der Waals surface area (Å²) in [6.45, 7) is 10.6. The minimum atomic E-state index is -0.695. The lowest BCUT2D eigenvalue weighted by atomic mass is 9.95. The maximum Gasteiger partial charge on any atom is 0.335 e. The smallest absolute Gasteiger partial charge is 0.335 e. The first kappa shape index (κ1) is 18.2. The predicted molar refractivity (Wildman–Crippen MR) is 93.5 cm³/mol. The highest BCUT2D eigenvalue weighted by Crippen LogP contribution is 2.38. The first-order chi connectivity index (χ1) is 11.3. The van der Waals surface area contributed by atoms with Crippen LogP contribution in [-0.4, -0.2) is 25.2 Å². The third-order valence-corrected chi connectivity index (χ3v) is 3.75. The van der Waals surface area contributed by atoms with Crippen LogP contribution in [0.5, 0.6) is 0 Å². The number of benzene rings is 1. The first-order valence-corrected chi connectivity index (χ1v) is 8.45. The molecule has 0 radical (unpaired) electrons. The largest absolute Gasteiger partial charge is 0.465 e. The van der Waals surface area contributed by atoms with E-state index in [1.165, 1.54) is 0 Å². The van der Waals surface area contributed by atoms with Crippen molar-refractivity contribution in [3.05, 3.63) is 40.5 Å². The average Bonchev–Trinajstić information content (AvgIpc) is 2.88. The summed E-state index contributed by atoms with van der Waals surface area (Å²) in [6, 6.07) is 5.81. The van der Waals surface area contributed by atoms with Crippen molar-refractivity contribution in [3.8, 4) is 0 Å². The molecule has 1 aliphatic carbocycles. The lowest BCUT2D eigenvalue weighted by Crippen LogP contribution is -2.23. The van der Waals surface area contributed by atoms with Gasteiger partial charge in [-0.25, -0.2) is 4.79 Å². The van der Waals surface area contributed by atoms with E-state index < -0.39 is 11.9 Å². The van der Waals surface area contributed by atoms with E-state index in [1.54, 1.807) is 6.08 Å². The fourth-order valence-corrected chi connectivity index (χ4v) is 2.59. The van der Waals surface area contributed by atoms with Crippen molar-refractivity contribution >= 4 is 18.0 Å². The summed E-state index contributed by atoms with van der Waals surface area (Å²) in [5.74, 6) is -1.04. The number of hydrogen-bond donors (Lipinski definition) is 0. The molecule has 0 N–H and O–H groups in total. The molecular formula is C20H26O4. The van der Waals surface area contributed by atoms with E-state index in [4.69, 9.17) is 9.47 Å². The maximum absolute atomic E-state index is 12.6. The molecule has 0 spiro atoms. The second-order valence-corrected chi connectivity index (χ2v) is 7.18. The second-order valence-electron chi connectivity index (χ2n) is 7.18. The van der Waals surface area contributed by atoms with Gasteiger partial charge in [0.05, 0.1) is 18.8 Å². The molecule has 1 aliphatic rings. The Bertz CT molecular complexity index is 656. The molecule has 0 heterocycles. The van der Waals surface area contributed by atoms with Crippen LogP contribution in [0.2, 0.25) is 0 Å². The molecular weight excluding hydrogens is 304 g/mol. The number of ether oxygens (including phenoxy) is 2. The topological polar surface area (TPSA) is 52.6 Å². The van der Waals surface area contributed by atoms with Gasteiger partial charge in [-0.3, -0.25) is 4.79 Å². The molecule has 1 aromatic carbocycles. The fourth-order valence-electron chi connectivity index (χ4n) is 2.59. The highest BCUT2D eigenvalue weighted by Gasteiger charge is 2.37. The minimum Gasteiger partial charge on any atom is -0.465 e. The van der Waals surface area contributed by atoms with Gasteiger partial charge in [-0.15, -0.1) is 0 Å². The Balaban J connectivity index is 2.27. The zero-order chi connectivity index (χ0) is 17.9. The summed E-state index contributed by atoms with van der Waals surface area (Å²) >= 11 is 0. The average molecular weight is 330 g/mol. The molecule has 4 heteroatoms. The maximum atomic E-state index is 12.6. The van der Waals surface area contributed by atoms with Crippen molar-refractivity contribution in [3.63, 3.8) is 0 Å². The summed E-state index contributed by atoms with van der Waals surface area (Å²) in [7, 11) is 0. The van der Waals surface area contributed by atoms with Crippen LogP contribution in [0.15, 0.2) is 23.8 Å². The molecule has 2 rings (SSSR count). The Kier molecular flexibility index (Phi) is 5.81. The molecule has 0 saturated carbocycles. The van der Waals surface area contributed by atoms with Crippen LogP contribution in [-0.2, 0) is 19.1 Å². The van der Waals surface area contributed by atoms with Crippen LogP contribution < -0.4 is 0 Å². The van der Waals surface area contributed by atoms with Gasteiger partial charge < -0.3 is 9.47 Å². The van der Waals surface area contributed by atoms with E-state index in [-0.39, 0.29) is 17.8 Å². The molecule has 0 saturated heterocycles. The molecule has 0 bridgehead atoms. The number of rotatable bonds is 6.